The smallest absolute Gasteiger partial charge is 0.143 e. The van der Waals surface area contributed by atoms with Gasteiger partial charge >= 0.3 is 0 Å². The van der Waals surface area contributed by atoms with E-state index in [4.69, 9.17) is 0 Å². The maximum Gasteiger partial charge on any atom is 0.143 e. The highest BCUT2D eigenvalue weighted by Crippen LogP contribution is 2.19. The summed E-state index contributed by atoms with van der Waals surface area (Å²) in [6, 6.07) is 12.4. The minimum absolute atomic E-state index is 0.227. The van der Waals surface area contributed by atoms with Crippen molar-refractivity contribution in [2.45, 2.75) is 13.5 Å². The summed E-state index contributed by atoms with van der Waals surface area (Å²) in [5, 5.41) is 14.5. The Balaban J connectivity index is 1.77. The molecule has 3 rings (SSSR count). The molecule has 3 aromatic rings. The molecule has 6 heteroatoms. The molecule has 0 saturated heterocycles. The lowest BCUT2D eigenvalue weighted by atomic mass is 10.1. The van der Waals surface area contributed by atoms with Gasteiger partial charge in [-0.15, -0.1) is 5.10 Å². The van der Waals surface area contributed by atoms with E-state index in [1.165, 1.54) is 12.1 Å². The molecule has 0 aliphatic rings. The van der Waals surface area contributed by atoms with Crippen LogP contribution in [0, 0.1) is 12.7 Å². The molecule has 0 saturated carbocycles. The van der Waals surface area contributed by atoms with Crippen LogP contribution in [0.3, 0.4) is 0 Å². The largest absolute Gasteiger partial charge is 0.381 e. The first-order valence-corrected chi connectivity index (χ1v) is 6.55. The summed E-state index contributed by atoms with van der Waals surface area (Å²) in [6.45, 7) is 2.62. The summed E-state index contributed by atoms with van der Waals surface area (Å²) in [5.41, 5.74) is 3.97. The Labute approximate surface area is 121 Å². The Morgan fingerprint density at radius 3 is 2.67 bits per heavy atom. The fourth-order valence-corrected chi connectivity index (χ4v) is 2.04. The maximum absolute atomic E-state index is 12.9. The van der Waals surface area contributed by atoms with Crippen LogP contribution in [0.25, 0.3) is 5.69 Å². The van der Waals surface area contributed by atoms with Crippen LogP contribution in [-0.4, -0.2) is 20.2 Å². The van der Waals surface area contributed by atoms with Gasteiger partial charge < -0.3 is 5.32 Å². The second-order valence-corrected chi connectivity index (χ2v) is 4.74. The average molecular weight is 283 g/mol. The number of halogens is 1. The third-order valence-corrected chi connectivity index (χ3v) is 3.21. The van der Waals surface area contributed by atoms with Crippen LogP contribution in [0.4, 0.5) is 10.1 Å². The number of benzene rings is 2. The zero-order chi connectivity index (χ0) is 14.7. The number of nitrogens with one attached hydrogen (secondary N) is 1. The van der Waals surface area contributed by atoms with Crippen molar-refractivity contribution in [3.05, 3.63) is 65.7 Å². The minimum atomic E-state index is -0.227. The fraction of sp³-hybridized carbons (Fsp3) is 0.133. The molecule has 2 aromatic carbocycles. The van der Waals surface area contributed by atoms with Gasteiger partial charge in [-0.25, -0.2) is 9.07 Å². The van der Waals surface area contributed by atoms with E-state index < -0.39 is 0 Å². The third kappa shape index (κ3) is 3.05. The lowest BCUT2D eigenvalue weighted by molar-refractivity contribution is 0.627. The first-order chi connectivity index (χ1) is 10.2. The number of aryl methyl sites for hydroxylation is 1. The van der Waals surface area contributed by atoms with Crippen LogP contribution in [-0.2, 0) is 6.54 Å². The second-order valence-electron chi connectivity index (χ2n) is 4.74. The maximum atomic E-state index is 12.9. The third-order valence-electron chi connectivity index (χ3n) is 3.21. The fourth-order valence-electron chi connectivity index (χ4n) is 2.04. The van der Waals surface area contributed by atoms with E-state index in [0.717, 1.165) is 22.5 Å². The Morgan fingerprint density at radius 1 is 1.14 bits per heavy atom. The molecule has 106 valence electrons. The second kappa shape index (κ2) is 5.70. The molecule has 1 aromatic heterocycles. The number of hydrogen-bond acceptors (Lipinski definition) is 4. The van der Waals surface area contributed by atoms with Crippen molar-refractivity contribution in [1.29, 1.82) is 0 Å². The van der Waals surface area contributed by atoms with Crippen molar-refractivity contribution in [3.63, 3.8) is 0 Å². The van der Waals surface area contributed by atoms with E-state index in [9.17, 15) is 4.39 Å². The molecule has 21 heavy (non-hydrogen) atoms. The van der Waals surface area contributed by atoms with Crippen LogP contribution in [0.15, 0.2) is 48.8 Å². The van der Waals surface area contributed by atoms with E-state index in [0.29, 0.717) is 6.54 Å². The lowest BCUT2D eigenvalue weighted by Crippen LogP contribution is -2.03. The Hall–Kier alpha value is -2.76. The number of hydrogen-bond donors (Lipinski definition) is 1. The van der Waals surface area contributed by atoms with Crippen molar-refractivity contribution < 1.29 is 4.39 Å². The number of nitrogens with zero attached hydrogens (tertiary/aromatic N) is 4. The predicted octanol–water partition coefficient (Wildman–Crippen LogP) is 2.72. The number of anilines is 1. The Bertz CT molecular complexity index is 722. The molecule has 1 N–H and O–H groups in total. The van der Waals surface area contributed by atoms with Crippen molar-refractivity contribution in [2.24, 2.45) is 0 Å². The van der Waals surface area contributed by atoms with Gasteiger partial charge in [0.05, 0.1) is 5.69 Å². The topological polar surface area (TPSA) is 55.6 Å². The van der Waals surface area contributed by atoms with Gasteiger partial charge in [0, 0.05) is 12.2 Å². The van der Waals surface area contributed by atoms with Gasteiger partial charge in [0.1, 0.15) is 12.1 Å². The molecule has 0 bridgehead atoms. The normalized spacial score (nSPS) is 10.6. The molecule has 0 fully saturated rings. The molecule has 0 atom stereocenters. The SMILES string of the molecule is Cc1ccc(NCc2ccc(F)cc2)cc1-n1cnnn1. The molecule has 0 unspecified atom stereocenters. The van der Waals surface area contributed by atoms with Crippen LogP contribution in [0.1, 0.15) is 11.1 Å². The van der Waals surface area contributed by atoms with Crippen molar-refractivity contribution >= 4 is 5.69 Å². The summed E-state index contributed by atoms with van der Waals surface area (Å²) in [7, 11) is 0. The zero-order valence-corrected chi connectivity index (χ0v) is 11.5. The van der Waals surface area contributed by atoms with Crippen molar-refractivity contribution in [1.82, 2.24) is 20.2 Å². The van der Waals surface area contributed by atoms with Crippen molar-refractivity contribution in [2.75, 3.05) is 5.32 Å². The highest BCUT2D eigenvalue weighted by atomic mass is 19.1. The molecule has 0 aliphatic carbocycles. The molecule has 0 aliphatic heterocycles. The van der Waals surface area contributed by atoms with Gasteiger partial charge in [-0.2, -0.15) is 0 Å². The van der Waals surface area contributed by atoms with Crippen molar-refractivity contribution in [3.8, 4) is 5.69 Å². The monoisotopic (exact) mass is 283 g/mol. The summed E-state index contributed by atoms with van der Waals surface area (Å²) in [6.07, 6.45) is 1.56. The van der Waals surface area contributed by atoms with Gasteiger partial charge in [-0.1, -0.05) is 18.2 Å². The van der Waals surface area contributed by atoms with E-state index in [2.05, 4.69) is 20.8 Å². The van der Waals surface area contributed by atoms with Gasteiger partial charge in [-0.3, -0.25) is 0 Å². The summed E-state index contributed by atoms with van der Waals surface area (Å²) in [4.78, 5) is 0. The van der Waals surface area contributed by atoms with Crippen LogP contribution < -0.4 is 5.32 Å². The predicted molar refractivity (Wildman–Crippen MR) is 77.6 cm³/mol. The zero-order valence-electron chi connectivity index (χ0n) is 11.5. The first-order valence-electron chi connectivity index (χ1n) is 6.55. The van der Waals surface area contributed by atoms with E-state index in [1.54, 1.807) is 23.1 Å². The molecule has 0 radical (unpaired) electrons. The van der Waals surface area contributed by atoms with E-state index >= 15 is 0 Å². The van der Waals surface area contributed by atoms with Gasteiger partial charge in [0.2, 0.25) is 0 Å². The number of aromatic nitrogens is 4. The molecule has 0 amide bonds. The highest BCUT2D eigenvalue weighted by Gasteiger charge is 2.04. The molecular weight excluding hydrogens is 269 g/mol. The van der Waals surface area contributed by atoms with Gasteiger partial charge in [-0.05, 0) is 52.7 Å². The average Bonchev–Trinajstić information content (AvgIpc) is 3.02. The molecular formula is C15H14FN5. The highest BCUT2D eigenvalue weighted by molar-refractivity contribution is 5.54. The lowest BCUT2D eigenvalue weighted by Gasteiger charge is -2.10. The van der Waals surface area contributed by atoms with E-state index in [1.807, 2.05) is 25.1 Å². The van der Waals surface area contributed by atoms with Gasteiger partial charge in [0.15, 0.2) is 0 Å². The van der Waals surface area contributed by atoms with Crippen LogP contribution in [0.2, 0.25) is 0 Å². The number of tetrazole rings is 1. The summed E-state index contributed by atoms with van der Waals surface area (Å²) < 4.78 is 14.5. The standard InChI is InChI=1S/C15H14FN5/c1-11-2-7-14(8-15(11)21-10-18-19-20-21)17-9-12-3-5-13(16)6-4-12/h2-8,10,17H,9H2,1H3. The van der Waals surface area contributed by atoms with Crippen LogP contribution in [0.5, 0.6) is 0 Å². The summed E-state index contributed by atoms with van der Waals surface area (Å²) in [5.74, 6) is -0.227. The quantitative estimate of drug-likeness (QED) is 0.800. The minimum Gasteiger partial charge on any atom is -0.381 e. The first kappa shape index (κ1) is 13.2. The summed E-state index contributed by atoms with van der Waals surface area (Å²) >= 11 is 0. The van der Waals surface area contributed by atoms with Crippen LogP contribution >= 0.6 is 0 Å². The Kier molecular flexibility index (Phi) is 3.59. The van der Waals surface area contributed by atoms with E-state index in [-0.39, 0.29) is 5.82 Å². The molecule has 1 heterocycles. The Morgan fingerprint density at radius 2 is 1.95 bits per heavy atom. The molecule has 5 nitrogen and oxygen atoms in total. The molecule has 0 spiro atoms. The number of rotatable bonds is 4. The van der Waals surface area contributed by atoms with Gasteiger partial charge in [0.25, 0.3) is 0 Å².